The van der Waals surface area contributed by atoms with Gasteiger partial charge in [-0.05, 0) is 28.7 Å². The maximum Gasteiger partial charge on any atom is 0.407 e. The zero-order valence-corrected chi connectivity index (χ0v) is 17.9. The van der Waals surface area contributed by atoms with E-state index in [2.05, 4.69) is 22.8 Å². The van der Waals surface area contributed by atoms with Crippen LogP contribution in [-0.4, -0.2) is 66.2 Å². The number of rotatable bonds is 8. The molecule has 2 aliphatic rings. The third kappa shape index (κ3) is 4.84. The van der Waals surface area contributed by atoms with E-state index >= 15 is 0 Å². The van der Waals surface area contributed by atoms with Gasteiger partial charge in [-0.15, -0.1) is 0 Å². The lowest BCUT2D eigenvalue weighted by Gasteiger charge is -2.22. The van der Waals surface area contributed by atoms with Crippen LogP contribution in [-0.2, 0) is 19.1 Å². The minimum atomic E-state index is -1.25. The summed E-state index contributed by atoms with van der Waals surface area (Å²) in [6.45, 7) is -0.00374. The minimum Gasteiger partial charge on any atom is -0.480 e. The Morgan fingerprint density at radius 1 is 1.06 bits per heavy atom. The number of benzene rings is 2. The van der Waals surface area contributed by atoms with E-state index in [9.17, 15) is 14.4 Å². The molecule has 0 bridgehead atoms. The van der Waals surface area contributed by atoms with Crippen molar-refractivity contribution in [1.82, 2.24) is 10.6 Å². The number of aliphatic hydroxyl groups excluding tert-OH is 1. The van der Waals surface area contributed by atoms with Crippen molar-refractivity contribution in [1.29, 1.82) is 0 Å². The molecule has 2 unspecified atom stereocenters. The van der Waals surface area contributed by atoms with Gasteiger partial charge in [0.1, 0.15) is 12.6 Å². The number of carboxylic acids is 1. The molecule has 1 aliphatic heterocycles. The molecule has 1 saturated heterocycles. The molecule has 0 radical (unpaired) electrons. The quantitative estimate of drug-likeness (QED) is 0.476. The van der Waals surface area contributed by atoms with E-state index in [-0.39, 0.29) is 32.2 Å². The maximum atomic E-state index is 12.5. The van der Waals surface area contributed by atoms with Crippen LogP contribution < -0.4 is 10.6 Å². The second-order valence-electron chi connectivity index (χ2n) is 8.07. The summed E-state index contributed by atoms with van der Waals surface area (Å²) in [5.74, 6) is -1.99. The standard InChI is InChI=1S/C24H26N2O7/c27-11-9-20(23(29)30)25-22(28)21-19(10-12-32-21)26-24(31)33-13-18-16-7-3-1-5-14(16)15-6-2-4-8-17(15)18/h1-8,18-21,27H,9-13H2,(H,25,28)(H,26,31)(H,29,30)/t19?,20-,21?/m1/s1. The second-order valence-corrected chi connectivity index (χ2v) is 8.07. The molecule has 0 aromatic heterocycles. The number of carboxylic acid groups (broad SMARTS) is 1. The van der Waals surface area contributed by atoms with Gasteiger partial charge in [-0.1, -0.05) is 48.5 Å². The molecule has 4 rings (SSSR count). The lowest BCUT2D eigenvalue weighted by Crippen LogP contribution is -2.52. The monoisotopic (exact) mass is 454 g/mol. The van der Waals surface area contributed by atoms with Gasteiger partial charge in [-0.3, -0.25) is 4.79 Å². The summed E-state index contributed by atoms with van der Waals surface area (Å²) in [4.78, 5) is 36.3. The predicted octanol–water partition coefficient (Wildman–Crippen LogP) is 1.63. The molecule has 1 heterocycles. The summed E-state index contributed by atoms with van der Waals surface area (Å²) in [5.41, 5.74) is 4.44. The average Bonchev–Trinajstić information content (AvgIpc) is 3.40. The Labute approximate surface area is 190 Å². The number of fused-ring (bicyclic) bond motifs is 3. The van der Waals surface area contributed by atoms with E-state index in [0.717, 1.165) is 22.3 Å². The largest absolute Gasteiger partial charge is 0.480 e. The van der Waals surface area contributed by atoms with E-state index in [1.807, 2.05) is 36.4 Å². The zero-order valence-electron chi connectivity index (χ0n) is 17.9. The number of ether oxygens (including phenoxy) is 2. The van der Waals surface area contributed by atoms with Crippen LogP contribution in [0.25, 0.3) is 11.1 Å². The molecule has 1 aliphatic carbocycles. The number of carbonyl (C=O) groups is 3. The number of hydrogen-bond donors (Lipinski definition) is 4. The van der Waals surface area contributed by atoms with Crippen LogP contribution in [0.5, 0.6) is 0 Å². The lowest BCUT2D eigenvalue weighted by atomic mass is 9.98. The molecule has 4 N–H and O–H groups in total. The Kier molecular flexibility index (Phi) is 6.90. The number of hydrogen-bond acceptors (Lipinski definition) is 6. The van der Waals surface area contributed by atoms with Crippen LogP contribution in [0.15, 0.2) is 48.5 Å². The van der Waals surface area contributed by atoms with E-state index in [0.29, 0.717) is 6.42 Å². The maximum absolute atomic E-state index is 12.5. The Bertz CT molecular complexity index is 995. The molecule has 0 saturated carbocycles. The van der Waals surface area contributed by atoms with Crippen molar-refractivity contribution >= 4 is 18.0 Å². The average molecular weight is 454 g/mol. The van der Waals surface area contributed by atoms with Crippen molar-refractivity contribution in [3.05, 3.63) is 59.7 Å². The fourth-order valence-electron chi connectivity index (χ4n) is 4.43. The van der Waals surface area contributed by atoms with Crippen LogP contribution in [0.4, 0.5) is 4.79 Å². The van der Waals surface area contributed by atoms with Gasteiger partial charge in [-0.25, -0.2) is 9.59 Å². The number of aliphatic carboxylic acids is 1. The van der Waals surface area contributed by atoms with Crippen LogP contribution in [0.3, 0.4) is 0 Å². The fourth-order valence-corrected chi connectivity index (χ4v) is 4.43. The van der Waals surface area contributed by atoms with Gasteiger partial charge in [0.15, 0.2) is 6.10 Å². The first-order chi connectivity index (χ1) is 16.0. The second kappa shape index (κ2) is 10.0. The van der Waals surface area contributed by atoms with Gasteiger partial charge in [0.2, 0.25) is 0 Å². The summed E-state index contributed by atoms with van der Waals surface area (Å²) >= 11 is 0. The van der Waals surface area contributed by atoms with E-state index in [1.165, 1.54) is 0 Å². The number of nitrogens with one attached hydrogen (secondary N) is 2. The molecule has 1 fully saturated rings. The van der Waals surface area contributed by atoms with E-state index < -0.39 is 36.2 Å². The molecule has 2 aromatic carbocycles. The summed E-state index contributed by atoms with van der Waals surface area (Å²) in [6.07, 6.45) is -1.44. The number of amides is 2. The van der Waals surface area contributed by atoms with Crippen LogP contribution in [0.2, 0.25) is 0 Å². The van der Waals surface area contributed by atoms with Gasteiger partial charge in [0.05, 0.1) is 6.04 Å². The first kappa shape index (κ1) is 22.8. The highest BCUT2D eigenvalue weighted by atomic mass is 16.6. The van der Waals surface area contributed by atoms with Crippen LogP contribution >= 0.6 is 0 Å². The Morgan fingerprint density at radius 3 is 2.30 bits per heavy atom. The van der Waals surface area contributed by atoms with E-state index in [1.54, 1.807) is 0 Å². The van der Waals surface area contributed by atoms with Gasteiger partial charge in [0.25, 0.3) is 5.91 Å². The summed E-state index contributed by atoms with van der Waals surface area (Å²) in [5, 5.41) is 23.2. The van der Waals surface area contributed by atoms with Crippen LogP contribution in [0.1, 0.15) is 29.9 Å². The SMILES string of the molecule is O=C(NC1CCOC1C(=O)N[C@H](CCO)C(=O)O)OCC1c2ccccc2-c2ccccc21. The summed E-state index contributed by atoms with van der Waals surface area (Å²) < 4.78 is 10.9. The van der Waals surface area contributed by atoms with E-state index in [4.69, 9.17) is 19.7 Å². The predicted molar refractivity (Wildman–Crippen MR) is 118 cm³/mol. The Balaban J connectivity index is 1.36. The third-order valence-electron chi connectivity index (χ3n) is 6.03. The molecule has 2 aromatic rings. The minimum absolute atomic E-state index is 0.0862. The van der Waals surface area contributed by atoms with Gasteiger partial charge < -0.3 is 30.3 Å². The first-order valence-corrected chi connectivity index (χ1v) is 10.9. The molecule has 33 heavy (non-hydrogen) atoms. The Morgan fingerprint density at radius 2 is 1.70 bits per heavy atom. The first-order valence-electron chi connectivity index (χ1n) is 10.9. The number of alkyl carbamates (subject to hydrolysis) is 1. The fraction of sp³-hybridized carbons (Fsp3) is 0.375. The van der Waals surface area contributed by atoms with Crippen molar-refractivity contribution in [2.45, 2.75) is 36.9 Å². The van der Waals surface area contributed by atoms with Crippen molar-refractivity contribution in [3.63, 3.8) is 0 Å². The topological polar surface area (TPSA) is 134 Å². The highest BCUT2D eigenvalue weighted by molar-refractivity contribution is 5.87. The molecule has 0 spiro atoms. The van der Waals surface area contributed by atoms with Crippen molar-refractivity contribution < 1.29 is 34.1 Å². The molecule has 2 amide bonds. The molecule has 3 atom stereocenters. The third-order valence-corrected chi connectivity index (χ3v) is 6.03. The smallest absolute Gasteiger partial charge is 0.407 e. The molecular weight excluding hydrogens is 428 g/mol. The highest BCUT2D eigenvalue weighted by Crippen LogP contribution is 2.44. The van der Waals surface area contributed by atoms with Gasteiger partial charge in [0, 0.05) is 25.6 Å². The molecule has 9 nitrogen and oxygen atoms in total. The molecule has 9 heteroatoms. The van der Waals surface area contributed by atoms with Gasteiger partial charge >= 0.3 is 12.1 Å². The molecule has 174 valence electrons. The van der Waals surface area contributed by atoms with Gasteiger partial charge in [-0.2, -0.15) is 0 Å². The highest BCUT2D eigenvalue weighted by Gasteiger charge is 2.37. The molecular formula is C24H26N2O7. The Hall–Kier alpha value is -3.43. The van der Waals surface area contributed by atoms with Crippen LogP contribution in [0, 0.1) is 0 Å². The van der Waals surface area contributed by atoms with Crippen molar-refractivity contribution in [3.8, 4) is 11.1 Å². The lowest BCUT2D eigenvalue weighted by molar-refractivity contribution is -0.144. The zero-order chi connectivity index (χ0) is 23.4. The number of aliphatic hydroxyl groups is 1. The number of carbonyl (C=O) groups excluding carboxylic acids is 2. The summed E-state index contributed by atoms with van der Waals surface area (Å²) in [6, 6.07) is 14.1. The van der Waals surface area contributed by atoms with Crippen molar-refractivity contribution in [2.24, 2.45) is 0 Å². The normalized spacial score (nSPS) is 19.9. The summed E-state index contributed by atoms with van der Waals surface area (Å²) in [7, 11) is 0. The van der Waals surface area contributed by atoms with Crippen molar-refractivity contribution in [2.75, 3.05) is 19.8 Å².